The minimum Gasteiger partial charge on any atom is -0.325 e. The molecule has 2 nitrogen and oxygen atoms in total. The lowest BCUT2D eigenvalue weighted by molar-refractivity contribution is 0.182. The maximum atomic E-state index is 12.8. The third-order valence-electron chi connectivity index (χ3n) is 3.81. The van der Waals surface area contributed by atoms with Crippen LogP contribution in [0.1, 0.15) is 24.8 Å². The number of hydrogen-bond donors (Lipinski definition) is 1. The van der Waals surface area contributed by atoms with E-state index >= 15 is 0 Å². The van der Waals surface area contributed by atoms with Gasteiger partial charge in [-0.2, -0.15) is 0 Å². The van der Waals surface area contributed by atoms with E-state index in [0.717, 1.165) is 38.8 Å². The van der Waals surface area contributed by atoms with Crippen molar-refractivity contribution < 1.29 is 4.39 Å². The Morgan fingerprint density at radius 1 is 1.24 bits per heavy atom. The lowest BCUT2D eigenvalue weighted by atomic mass is 9.83. The van der Waals surface area contributed by atoms with Crippen molar-refractivity contribution >= 4 is 0 Å². The van der Waals surface area contributed by atoms with Gasteiger partial charge in [0.2, 0.25) is 0 Å². The van der Waals surface area contributed by atoms with Crippen LogP contribution in [0.25, 0.3) is 0 Å². The Balaban J connectivity index is 1.87. The van der Waals surface area contributed by atoms with Gasteiger partial charge in [0.05, 0.1) is 0 Å². The topological polar surface area (TPSA) is 29.3 Å². The fourth-order valence-electron chi connectivity index (χ4n) is 2.36. The summed E-state index contributed by atoms with van der Waals surface area (Å²) in [5.41, 5.74) is 7.55. The first-order valence-corrected chi connectivity index (χ1v) is 6.29. The van der Waals surface area contributed by atoms with Crippen molar-refractivity contribution in [1.82, 2.24) is 4.90 Å². The number of nitrogens with two attached hydrogens (primary N) is 1. The molecule has 1 aromatic rings. The molecule has 17 heavy (non-hydrogen) atoms. The molecule has 0 aliphatic carbocycles. The van der Waals surface area contributed by atoms with E-state index in [1.165, 1.54) is 17.7 Å². The van der Waals surface area contributed by atoms with Crippen molar-refractivity contribution in [2.45, 2.75) is 31.2 Å². The fraction of sp³-hybridized carbons (Fsp3) is 0.571. The highest BCUT2D eigenvalue weighted by Crippen LogP contribution is 2.24. The zero-order chi connectivity index (χ0) is 12.3. The fourth-order valence-corrected chi connectivity index (χ4v) is 2.36. The molecule has 0 spiro atoms. The van der Waals surface area contributed by atoms with E-state index in [1.54, 1.807) is 0 Å². The highest BCUT2D eigenvalue weighted by Gasteiger charge is 2.28. The minimum atomic E-state index is -0.171. The van der Waals surface area contributed by atoms with E-state index in [2.05, 4.69) is 11.9 Å². The van der Waals surface area contributed by atoms with Gasteiger partial charge in [0.1, 0.15) is 5.82 Å². The average Bonchev–Trinajstić information content (AvgIpc) is 2.33. The van der Waals surface area contributed by atoms with Crippen LogP contribution in [0.3, 0.4) is 0 Å². The van der Waals surface area contributed by atoms with Gasteiger partial charge in [-0.05, 0) is 63.5 Å². The first kappa shape index (κ1) is 12.5. The summed E-state index contributed by atoms with van der Waals surface area (Å²) in [5.74, 6) is -0.171. The van der Waals surface area contributed by atoms with Crippen molar-refractivity contribution in [3.05, 3.63) is 35.6 Å². The summed E-state index contributed by atoms with van der Waals surface area (Å²) >= 11 is 0. The average molecular weight is 236 g/mol. The predicted molar refractivity (Wildman–Crippen MR) is 68.4 cm³/mol. The van der Waals surface area contributed by atoms with Crippen molar-refractivity contribution in [3.8, 4) is 0 Å². The normalized spacial score (nSPS) is 20.4. The quantitative estimate of drug-likeness (QED) is 0.871. The summed E-state index contributed by atoms with van der Waals surface area (Å²) in [4.78, 5) is 2.32. The van der Waals surface area contributed by atoms with E-state index in [-0.39, 0.29) is 11.4 Å². The van der Waals surface area contributed by atoms with Crippen LogP contribution in [0.5, 0.6) is 0 Å². The smallest absolute Gasteiger partial charge is 0.123 e. The highest BCUT2D eigenvalue weighted by molar-refractivity contribution is 5.16. The van der Waals surface area contributed by atoms with E-state index in [1.807, 2.05) is 12.1 Å². The van der Waals surface area contributed by atoms with Gasteiger partial charge in [-0.1, -0.05) is 12.1 Å². The van der Waals surface area contributed by atoms with Crippen LogP contribution >= 0.6 is 0 Å². The number of nitrogens with zero attached hydrogens (tertiary/aromatic N) is 1. The molecule has 0 radical (unpaired) electrons. The molecule has 94 valence electrons. The van der Waals surface area contributed by atoms with Gasteiger partial charge in [0, 0.05) is 5.54 Å². The highest BCUT2D eigenvalue weighted by atomic mass is 19.1. The van der Waals surface area contributed by atoms with Crippen LogP contribution in [0.4, 0.5) is 4.39 Å². The molecule has 1 saturated heterocycles. The molecule has 1 aliphatic rings. The Hall–Kier alpha value is -0.930. The van der Waals surface area contributed by atoms with Crippen molar-refractivity contribution in [1.29, 1.82) is 0 Å². The molecular formula is C14H21FN2. The van der Waals surface area contributed by atoms with E-state index in [9.17, 15) is 4.39 Å². The molecule has 1 heterocycles. The van der Waals surface area contributed by atoms with E-state index < -0.39 is 0 Å². The van der Waals surface area contributed by atoms with Crippen LogP contribution in [0.2, 0.25) is 0 Å². The first-order chi connectivity index (χ1) is 8.07. The van der Waals surface area contributed by atoms with Crippen LogP contribution in [0, 0.1) is 5.82 Å². The Labute approximate surface area is 103 Å². The minimum absolute atomic E-state index is 0.0269. The summed E-state index contributed by atoms with van der Waals surface area (Å²) in [6.45, 7) is 2.17. The van der Waals surface area contributed by atoms with E-state index in [0.29, 0.717) is 0 Å². The molecule has 3 heteroatoms. The van der Waals surface area contributed by atoms with E-state index in [4.69, 9.17) is 5.73 Å². The number of aryl methyl sites for hydroxylation is 1. The van der Waals surface area contributed by atoms with Crippen LogP contribution in [0.15, 0.2) is 24.3 Å². The second-order valence-electron chi connectivity index (χ2n) is 5.29. The molecular weight excluding hydrogens is 215 g/mol. The molecule has 1 aromatic carbocycles. The molecule has 0 atom stereocenters. The molecule has 0 unspecified atom stereocenters. The van der Waals surface area contributed by atoms with Gasteiger partial charge in [-0.3, -0.25) is 0 Å². The second-order valence-corrected chi connectivity index (χ2v) is 5.29. The SMILES string of the molecule is CN1CCC(N)(CCc2ccc(F)cc2)CC1. The van der Waals surface area contributed by atoms with Crippen LogP contribution < -0.4 is 5.73 Å². The Morgan fingerprint density at radius 3 is 2.41 bits per heavy atom. The Morgan fingerprint density at radius 2 is 1.82 bits per heavy atom. The van der Waals surface area contributed by atoms with Gasteiger partial charge >= 0.3 is 0 Å². The Kier molecular flexibility index (Phi) is 3.79. The molecule has 0 amide bonds. The summed E-state index contributed by atoms with van der Waals surface area (Å²) in [6, 6.07) is 6.75. The number of benzene rings is 1. The maximum absolute atomic E-state index is 12.8. The second kappa shape index (κ2) is 5.15. The number of hydrogen-bond acceptors (Lipinski definition) is 2. The van der Waals surface area contributed by atoms with Gasteiger partial charge in [-0.15, -0.1) is 0 Å². The Bertz CT molecular complexity index is 353. The third-order valence-corrected chi connectivity index (χ3v) is 3.81. The number of rotatable bonds is 3. The number of likely N-dealkylation sites (tertiary alicyclic amines) is 1. The van der Waals surface area contributed by atoms with Gasteiger partial charge in [0.25, 0.3) is 0 Å². The van der Waals surface area contributed by atoms with Crippen molar-refractivity contribution in [3.63, 3.8) is 0 Å². The molecule has 2 N–H and O–H groups in total. The molecule has 1 fully saturated rings. The standard InChI is InChI=1S/C14H21FN2/c1-17-10-8-14(16,9-11-17)7-6-12-2-4-13(15)5-3-12/h2-5H,6-11,16H2,1H3. The number of halogens is 1. The lowest BCUT2D eigenvalue weighted by Gasteiger charge is -2.37. The predicted octanol–water partition coefficient (Wildman–Crippen LogP) is 2.18. The summed E-state index contributed by atoms with van der Waals surface area (Å²) < 4.78 is 12.8. The summed E-state index contributed by atoms with van der Waals surface area (Å²) in [7, 11) is 2.14. The maximum Gasteiger partial charge on any atom is 0.123 e. The third kappa shape index (κ3) is 3.51. The van der Waals surface area contributed by atoms with Crippen LogP contribution in [-0.2, 0) is 6.42 Å². The van der Waals surface area contributed by atoms with Gasteiger partial charge in [-0.25, -0.2) is 4.39 Å². The number of piperidine rings is 1. The molecule has 1 aliphatic heterocycles. The first-order valence-electron chi connectivity index (χ1n) is 6.29. The monoisotopic (exact) mass is 236 g/mol. The zero-order valence-electron chi connectivity index (χ0n) is 10.5. The van der Waals surface area contributed by atoms with Gasteiger partial charge < -0.3 is 10.6 Å². The molecule has 0 saturated carbocycles. The van der Waals surface area contributed by atoms with Crippen molar-refractivity contribution in [2.75, 3.05) is 20.1 Å². The molecule has 0 aromatic heterocycles. The zero-order valence-corrected chi connectivity index (χ0v) is 10.5. The summed E-state index contributed by atoms with van der Waals surface area (Å²) in [5, 5.41) is 0. The lowest BCUT2D eigenvalue weighted by Crippen LogP contribution is -2.49. The summed E-state index contributed by atoms with van der Waals surface area (Å²) in [6.07, 6.45) is 4.06. The molecule has 2 rings (SSSR count). The van der Waals surface area contributed by atoms with Crippen LogP contribution in [-0.4, -0.2) is 30.6 Å². The van der Waals surface area contributed by atoms with Gasteiger partial charge in [0.15, 0.2) is 0 Å². The molecule has 0 bridgehead atoms. The largest absolute Gasteiger partial charge is 0.325 e. The van der Waals surface area contributed by atoms with Crippen molar-refractivity contribution in [2.24, 2.45) is 5.73 Å².